The number of amides is 2. The van der Waals surface area contributed by atoms with Gasteiger partial charge in [0.15, 0.2) is 11.5 Å². The van der Waals surface area contributed by atoms with Gasteiger partial charge >= 0.3 is 6.09 Å². The molecule has 0 aromatic heterocycles. The predicted octanol–water partition coefficient (Wildman–Crippen LogP) is 4.74. The number of hydrogen-bond donors (Lipinski definition) is 2. The zero-order valence-electron chi connectivity index (χ0n) is 23.9. The summed E-state index contributed by atoms with van der Waals surface area (Å²) in [4.78, 5) is 36.5. The van der Waals surface area contributed by atoms with Gasteiger partial charge in [-0.25, -0.2) is 10.2 Å². The molecule has 1 atom stereocenters. The Bertz CT molecular complexity index is 1380. The van der Waals surface area contributed by atoms with E-state index in [9.17, 15) is 19.7 Å². The molecule has 0 aliphatic heterocycles. The highest BCUT2D eigenvalue weighted by molar-refractivity contribution is 5.90. The van der Waals surface area contributed by atoms with Gasteiger partial charge in [-0.2, -0.15) is 5.10 Å². The van der Waals surface area contributed by atoms with Crippen molar-refractivity contribution in [2.24, 2.45) is 5.10 Å². The van der Waals surface area contributed by atoms with Crippen molar-refractivity contribution < 1.29 is 33.5 Å². The van der Waals surface area contributed by atoms with Crippen molar-refractivity contribution in [3.63, 3.8) is 0 Å². The van der Waals surface area contributed by atoms with Crippen LogP contribution in [-0.4, -0.2) is 48.5 Å². The van der Waals surface area contributed by atoms with E-state index in [-0.39, 0.29) is 42.6 Å². The fourth-order valence-electron chi connectivity index (χ4n) is 3.58. The molecule has 0 heterocycles. The number of hydrogen-bond acceptors (Lipinski definition) is 9. The van der Waals surface area contributed by atoms with Crippen molar-refractivity contribution in [1.82, 2.24) is 10.7 Å². The van der Waals surface area contributed by atoms with Crippen molar-refractivity contribution in [3.05, 3.63) is 99.6 Å². The molecule has 0 fully saturated rings. The number of nitro benzene ring substituents is 1. The highest BCUT2D eigenvalue weighted by atomic mass is 16.6. The number of nitrogens with zero attached hydrogens (tertiary/aromatic N) is 2. The summed E-state index contributed by atoms with van der Waals surface area (Å²) in [6.07, 6.45) is 0.288. The third-order valence-corrected chi connectivity index (χ3v) is 5.53. The van der Waals surface area contributed by atoms with Crippen LogP contribution < -0.4 is 20.2 Å². The quantitative estimate of drug-likeness (QED) is 0.168. The lowest BCUT2D eigenvalue weighted by atomic mass is 10.1. The van der Waals surface area contributed by atoms with Crippen LogP contribution >= 0.6 is 0 Å². The standard InChI is InChI=1S/C30H34N4O8/c1-30(2,3)42-29(36)32-24(20-40-18-21-11-7-5-8-12-21)28(35)33-31-17-23-15-26(39-4)27(16-25(23)34(37)38)41-19-22-13-9-6-10-14-22/h5-17,24H,18-20H2,1-4H3,(H,32,36)(H,33,35)/b31-17-/t24-/m0/s1. The highest BCUT2D eigenvalue weighted by Gasteiger charge is 2.25. The first-order chi connectivity index (χ1) is 20.1. The molecule has 0 radical (unpaired) electrons. The number of carbonyl (C=O) groups is 2. The summed E-state index contributed by atoms with van der Waals surface area (Å²) >= 11 is 0. The average molecular weight is 579 g/mol. The fraction of sp³-hybridized carbons (Fsp3) is 0.300. The fourth-order valence-corrected chi connectivity index (χ4v) is 3.58. The molecule has 3 aromatic carbocycles. The molecule has 0 aliphatic rings. The van der Waals surface area contributed by atoms with Gasteiger partial charge in [0.2, 0.25) is 0 Å². The smallest absolute Gasteiger partial charge is 0.408 e. The maximum atomic E-state index is 12.9. The summed E-state index contributed by atoms with van der Waals surface area (Å²) in [6, 6.07) is 20.1. The molecule has 222 valence electrons. The van der Waals surface area contributed by atoms with Gasteiger partial charge in [-0.3, -0.25) is 14.9 Å². The van der Waals surface area contributed by atoms with E-state index in [1.807, 2.05) is 60.7 Å². The van der Waals surface area contributed by atoms with Crippen molar-refractivity contribution in [2.75, 3.05) is 13.7 Å². The largest absolute Gasteiger partial charge is 0.493 e. The molecule has 3 aromatic rings. The second kappa shape index (κ2) is 15.1. The molecule has 0 aliphatic carbocycles. The Morgan fingerprint density at radius 3 is 2.17 bits per heavy atom. The van der Waals surface area contributed by atoms with Crippen molar-refractivity contribution in [1.29, 1.82) is 0 Å². The van der Waals surface area contributed by atoms with Crippen molar-refractivity contribution in [3.8, 4) is 11.5 Å². The molecule has 0 unspecified atom stereocenters. The molecule has 0 spiro atoms. The number of rotatable bonds is 13. The Morgan fingerprint density at radius 1 is 0.976 bits per heavy atom. The molecule has 0 saturated carbocycles. The summed E-state index contributed by atoms with van der Waals surface area (Å²) in [6.45, 7) is 5.27. The van der Waals surface area contributed by atoms with Crippen LogP contribution in [0.2, 0.25) is 0 Å². The first kappa shape index (κ1) is 31.6. The van der Waals surface area contributed by atoms with Gasteiger partial charge in [0, 0.05) is 0 Å². The number of benzene rings is 3. The molecule has 2 N–H and O–H groups in total. The van der Waals surface area contributed by atoms with Gasteiger partial charge in [0.05, 0.1) is 43.1 Å². The third kappa shape index (κ3) is 10.2. The zero-order chi connectivity index (χ0) is 30.5. The van der Waals surface area contributed by atoms with Gasteiger partial charge in [0.1, 0.15) is 18.2 Å². The van der Waals surface area contributed by atoms with E-state index in [4.69, 9.17) is 18.9 Å². The number of ether oxygens (including phenoxy) is 4. The predicted molar refractivity (Wildman–Crippen MR) is 155 cm³/mol. The SMILES string of the molecule is COc1cc(/C=N\NC(=O)[C@H](COCc2ccccc2)NC(=O)OC(C)(C)C)c([N+](=O)[O-])cc1OCc1ccccc1. The molecule has 0 saturated heterocycles. The summed E-state index contributed by atoms with van der Waals surface area (Å²) in [5, 5.41) is 18.2. The van der Waals surface area contributed by atoms with E-state index in [0.717, 1.165) is 17.3 Å². The summed E-state index contributed by atoms with van der Waals surface area (Å²) in [5.74, 6) is -0.308. The Labute approximate surface area is 243 Å². The van der Waals surface area contributed by atoms with E-state index >= 15 is 0 Å². The normalized spacial score (nSPS) is 11.9. The van der Waals surface area contributed by atoms with E-state index in [2.05, 4.69) is 15.8 Å². The zero-order valence-corrected chi connectivity index (χ0v) is 23.9. The number of alkyl carbamates (subject to hydrolysis) is 1. The maximum absolute atomic E-state index is 12.9. The van der Waals surface area contributed by atoms with Gasteiger partial charge in [-0.05, 0) is 38.0 Å². The van der Waals surface area contributed by atoms with Crippen LogP contribution in [0.5, 0.6) is 11.5 Å². The monoisotopic (exact) mass is 578 g/mol. The number of hydrazone groups is 1. The van der Waals surface area contributed by atoms with E-state index in [1.165, 1.54) is 19.2 Å². The minimum absolute atomic E-state index is 0.0567. The Hall–Kier alpha value is -4.97. The Kier molecular flexibility index (Phi) is 11.4. The van der Waals surface area contributed by atoms with Crippen LogP contribution in [0.3, 0.4) is 0 Å². The number of nitro groups is 1. The van der Waals surface area contributed by atoms with Crippen LogP contribution in [0, 0.1) is 10.1 Å². The minimum Gasteiger partial charge on any atom is -0.493 e. The first-order valence-electron chi connectivity index (χ1n) is 13.0. The second-order valence-corrected chi connectivity index (χ2v) is 10.0. The number of nitrogens with one attached hydrogen (secondary N) is 2. The molecule has 12 heteroatoms. The maximum Gasteiger partial charge on any atom is 0.408 e. The van der Waals surface area contributed by atoms with Gasteiger partial charge in [-0.1, -0.05) is 60.7 Å². The van der Waals surface area contributed by atoms with Crippen LogP contribution in [0.15, 0.2) is 77.9 Å². The Balaban J connectivity index is 1.72. The van der Waals surface area contributed by atoms with Crippen LogP contribution in [0.25, 0.3) is 0 Å². The van der Waals surface area contributed by atoms with Crippen LogP contribution in [0.1, 0.15) is 37.5 Å². The van der Waals surface area contributed by atoms with Gasteiger partial charge in [0.25, 0.3) is 11.6 Å². The molecule has 12 nitrogen and oxygen atoms in total. The lowest BCUT2D eigenvalue weighted by Crippen LogP contribution is -2.49. The number of methoxy groups -OCH3 is 1. The third-order valence-electron chi connectivity index (χ3n) is 5.53. The van der Waals surface area contributed by atoms with E-state index < -0.39 is 28.6 Å². The summed E-state index contributed by atoms with van der Waals surface area (Å²) < 4.78 is 22.0. The highest BCUT2D eigenvalue weighted by Crippen LogP contribution is 2.34. The average Bonchev–Trinajstić information content (AvgIpc) is 2.95. The van der Waals surface area contributed by atoms with Gasteiger partial charge in [-0.15, -0.1) is 0 Å². The minimum atomic E-state index is -1.17. The topological polar surface area (TPSA) is 151 Å². The Morgan fingerprint density at radius 2 is 1.60 bits per heavy atom. The van der Waals surface area contributed by atoms with E-state index in [0.29, 0.717) is 0 Å². The molecule has 0 bridgehead atoms. The number of carbonyl (C=O) groups excluding carboxylic acids is 2. The molecule has 42 heavy (non-hydrogen) atoms. The van der Waals surface area contributed by atoms with E-state index in [1.54, 1.807) is 20.8 Å². The van der Waals surface area contributed by atoms with Crippen molar-refractivity contribution in [2.45, 2.75) is 45.6 Å². The molecular formula is C30H34N4O8. The van der Waals surface area contributed by atoms with Crippen LogP contribution in [-0.2, 0) is 27.5 Å². The lowest BCUT2D eigenvalue weighted by Gasteiger charge is -2.22. The summed E-state index contributed by atoms with van der Waals surface area (Å²) in [5.41, 5.74) is 3.01. The van der Waals surface area contributed by atoms with Crippen molar-refractivity contribution >= 4 is 23.9 Å². The first-order valence-corrected chi connectivity index (χ1v) is 13.0. The lowest BCUT2D eigenvalue weighted by molar-refractivity contribution is -0.385. The summed E-state index contributed by atoms with van der Waals surface area (Å²) in [7, 11) is 1.40. The molecule has 3 rings (SSSR count). The second-order valence-electron chi connectivity index (χ2n) is 10.0. The molecule has 2 amide bonds. The van der Waals surface area contributed by atoms with Crippen LogP contribution in [0.4, 0.5) is 10.5 Å². The molecular weight excluding hydrogens is 544 g/mol. The van der Waals surface area contributed by atoms with Gasteiger partial charge < -0.3 is 24.3 Å².